The van der Waals surface area contributed by atoms with E-state index in [1.54, 1.807) is 12.4 Å². The maximum atomic E-state index is 12.5. The minimum absolute atomic E-state index is 0.0254. The molecule has 1 fully saturated rings. The molecular weight excluding hydrogens is 310 g/mol. The van der Waals surface area contributed by atoms with Crippen LogP contribution in [0, 0.1) is 0 Å². The lowest BCUT2D eigenvalue weighted by Crippen LogP contribution is -2.32. The molecule has 0 spiro atoms. The summed E-state index contributed by atoms with van der Waals surface area (Å²) in [4.78, 5) is 16.7. The molecule has 4 heteroatoms. The number of aromatic nitrogens is 1. The fraction of sp³-hybridized carbons (Fsp3) is 0.429. The molecular formula is C21H27N3O. The van der Waals surface area contributed by atoms with Crippen LogP contribution in [0.3, 0.4) is 0 Å². The SMILES string of the molecule is CCc1cccc(CC)c1Nc1cncc(C(=O)NC2CCCC2)c1. The molecule has 1 amide bonds. The standard InChI is InChI=1S/C21H27N3O/c1-3-15-8-7-9-16(4-2)20(15)23-19-12-17(13-22-14-19)21(25)24-18-10-5-6-11-18/h7-9,12-14,18,23H,3-6,10-11H2,1-2H3,(H,24,25). The van der Waals surface area contributed by atoms with Gasteiger partial charge in [0, 0.05) is 17.9 Å². The second kappa shape index (κ2) is 8.15. The van der Waals surface area contributed by atoms with Crippen molar-refractivity contribution in [1.29, 1.82) is 0 Å². The molecule has 0 saturated heterocycles. The van der Waals surface area contributed by atoms with E-state index in [1.807, 2.05) is 6.07 Å². The summed E-state index contributed by atoms with van der Waals surface area (Å²) in [6, 6.07) is 8.60. The van der Waals surface area contributed by atoms with Gasteiger partial charge >= 0.3 is 0 Å². The number of nitrogens with zero attached hydrogens (tertiary/aromatic N) is 1. The second-order valence-electron chi connectivity index (χ2n) is 6.70. The second-order valence-corrected chi connectivity index (χ2v) is 6.70. The summed E-state index contributed by atoms with van der Waals surface area (Å²) in [5.41, 5.74) is 5.17. The van der Waals surface area contributed by atoms with Crippen molar-refractivity contribution in [2.24, 2.45) is 0 Å². The summed E-state index contributed by atoms with van der Waals surface area (Å²) in [6.45, 7) is 4.31. The van der Waals surface area contributed by atoms with Gasteiger partial charge in [0.15, 0.2) is 0 Å². The largest absolute Gasteiger partial charge is 0.354 e. The maximum Gasteiger partial charge on any atom is 0.253 e. The van der Waals surface area contributed by atoms with Crippen molar-refractivity contribution in [2.45, 2.75) is 58.4 Å². The zero-order chi connectivity index (χ0) is 17.6. The van der Waals surface area contributed by atoms with Gasteiger partial charge in [0.25, 0.3) is 5.91 Å². The topological polar surface area (TPSA) is 54.0 Å². The van der Waals surface area contributed by atoms with Crippen molar-refractivity contribution in [1.82, 2.24) is 10.3 Å². The molecule has 0 atom stereocenters. The number of hydrogen-bond acceptors (Lipinski definition) is 3. The Hall–Kier alpha value is -2.36. The van der Waals surface area contributed by atoms with E-state index in [9.17, 15) is 4.79 Å². The first-order valence-corrected chi connectivity index (χ1v) is 9.35. The van der Waals surface area contributed by atoms with Gasteiger partial charge in [0.1, 0.15) is 0 Å². The number of nitrogens with one attached hydrogen (secondary N) is 2. The molecule has 1 aromatic heterocycles. The van der Waals surface area contributed by atoms with E-state index in [0.29, 0.717) is 11.6 Å². The molecule has 3 rings (SSSR count). The summed E-state index contributed by atoms with van der Waals surface area (Å²) in [5.74, 6) is -0.0254. The molecule has 2 aromatic rings. The van der Waals surface area contributed by atoms with E-state index in [0.717, 1.165) is 37.1 Å². The fourth-order valence-corrected chi connectivity index (χ4v) is 3.52. The number of rotatable bonds is 6. The highest BCUT2D eigenvalue weighted by atomic mass is 16.1. The van der Waals surface area contributed by atoms with Gasteiger partial charge < -0.3 is 10.6 Å². The Morgan fingerprint density at radius 1 is 1.12 bits per heavy atom. The number of pyridine rings is 1. The zero-order valence-corrected chi connectivity index (χ0v) is 15.1. The number of benzene rings is 1. The summed E-state index contributed by atoms with van der Waals surface area (Å²) in [7, 11) is 0. The molecule has 1 saturated carbocycles. The molecule has 1 aliphatic carbocycles. The number of amides is 1. The van der Waals surface area contributed by atoms with Gasteiger partial charge in [-0.05, 0) is 42.9 Å². The van der Waals surface area contributed by atoms with Crippen molar-refractivity contribution >= 4 is 17.3 Å². The van der Waals surface area contributed by atoms with Gasteiger partial charge in [0.05, 0.1) is 17.4 Å². The highest BCUT2D eigenvalue weighted by molar-refractivity contribution is 5.95. The normalized spacial score (nSPS) is 14.5. The number of carbonyl (C=O) groups excluding carboxylic acids is 1. The minimum Gasteiger partial charge on any atom is -0.354 e. The van der Waals surface area contributed by atoms with Crippen LogP contribution in [0.15, 0.2) is 36.7 Å². The third-order valence-electron chi connectivity index (χ3n) is 4.96. The Morgan fingerprint density at radius 3 is 2.44 bits per heavy atom. The fourth-order valence-electron chi connectivity index (χ4n) is 3.52. The molecule has 1 aliphatic rings. The van der Waals surface area contributed by atoms with E-state index < -0.39 is 0 Å². The molecule has 132 valence electrons. The van der Waals surface area contributed by atoms with Crippen LogP contribution in [-0.2, 0) is 12.8 Å². The van der Waals surface area contributed by atoms with Gasteiger partial charge in [-0.2, -0.15) is 0 Å². The van der Waals surface area contributed by atoms with Gasteiger partial charge in [-0.25, -0.2) is 0 Å². The molecule has 2 N–H and O–H groups in total. The summed E-state index contributed by atoms with van der Waals surface area (Å²) in [6.07, 6.45) is 9.93. The molecule has 0 radical (unpaired) electrons. The van der Waals surface area contributed by atoms with Crippen molar-refractivity contribution in [3.63, 3.8) is 0 Å². The smallest absolute Gasteiger partial charge is 0.253 e. The Bertz CT molecular complexity index is 713. The number of anilines is 2. The molecule has 25 heavy (non-hydrogen) atoms. The molecule has 1 aromatic carbocycles. The van der Waals surface area contributed by atoms with E-state index in [1.165, 1.54) is 24.0 Å². The summed E-state index contributed by atoms with van der Waals surface area (Å²) < 4.78 is 0. The Kier molecular flexibility index (Phi) is 5.69. The molecule has 4 nitrogen and oxygen atoms in total. The van der Waals surface area contributed by atoms with Crippen LogP contribution in [0.2, 0.25) is 0 Å². The van der Waals surface area contributed by atoms with Crippen molar-refractivity contribution in [3.8, 4) is 0 Å². The lowest BCUT2D eigenvalue weighted by atomic mass is 10.0. The van der Waals surface area contributed by atoms with E-state index in [4.69, 9.17) is 0 Å². The van der Waals surface area contributed by atoms with E-state index in [2.05, 4.69) is 47.7 Å². The first-order valence-electron chi connectivity index (χ1n) is 9.35. The lowest BCUT2D eigenvalue weighted by molar-refractivity contribution is 0.0937. The van der Waals surface area contributed by atoms with Gasteiger partial charge in [-0.1, -0.05) is 44.9 Å². The minimum atomic E-state index is -0.0254. The molecule has 0 bridgehead atoms. The predicted molar refractivity (Wildman–Crippen MR) is 102 cm³/mol. The van der Waals surface area contributed by atoms with E-state index >= 15 is 0 Å². The molecule has 0 unspecified atom stereocenters. The van der Waals surface area contributed by atoms with Crippen molar-refractivity contribution < 1.29 is 4.79 Å². The lowest BCUT2D eigenvalue weighted by Gasteiger charge is -2.16. The third-order valence-corrected chi connectivity index (χ3v) is 4.96. The number of aryl methyl sites for hydroxylation is 2. The first-order chi connectivity index (χ1) is 12.2. The number of para-hydroxylation sites is 1. The average Bonchev–Trinajstić information content (AvgIpc) is 3.15. The van der Waals surface area contributed by atoms with Crippen LogP contribution in [-0.4, -0.2) is 16.9 Å². The van der Waals surface area contributed by atoms with Gasteiger partial charge in [-0.15, -0.1) is 0 Å². The van der Waals surface area contributed by atoms with Gasteiger partial charge in [-0.3, -0.25) is 9.78 Å². The van der Waals surface area contributed by atoms with E-state index in [-0.39, 0.29) is 5.91 Å². The predicted octanol–water partition coefficient (Wildman–Crippen LogP) is 4.62. The molecule has 1 heterocycles. The highest BCUT2D eigenvalue weighted by Crippen LogP contribution is 2.26. The Morgan fingerprint density at radius 2 is 1.80 bits per heavy atom. The number of hydrogen-bond donors (Lipinski definition) is 2. The van der Waals surface area contributed by atoms with Gasteiger partial charge in [0.2, 0.25) is 0 Å². The monoisotopic (exact) mass is 337 g/mol. The summed E-state index contributed by atoms with van der Waals surface area (Å²) in [5, 5.41) is 6.61. The van der Waals surface area contributed by atoms with Crippen LogP contribution < -0.4 is 10.6 Å². The van der Waals surface area contributed by atoms with Crippen LogP contribution in [0.4, 0.5) is 11.4 Å². The Balaban J connectivity index is 1.79. The highest BCUT2D eigenvalue weighted by Gasteiger charge is 2.18. The third kappa shape index (κ3) is 4.19. The quantitative estimate of drug-likeness (QED) is 0.808. The van der Waals surface area contributed by atoms with Crippen molar-refractivity contribution in [3.05, 3.63) is 53.3 Å². The maximum absolute atomic E-state index is 12.5. The Labute approximate surface area is 150 Å². The van der Waals surface area contributed by atoms with Crippen LogP contribution in [0.25, 0.3) is 0 Å². The molecule has 0 aliphatic heterocycles. The first kappa shape index (κ1) is 17.5. The van der Waals surface area contributed by atoms with Crippen molar-refractivity contribution in [2.75, 3.05) is 5.32 Å². The summed E-state index contributed by atoms with van der Waals surface area (Å²) >= 11 is 0. The number of carbonyl (C=O) groups is 1. The van der Waals surface area contributed by atoms with Crippen LogP contribution in [0.1, 0.15) is 61.0 Å². The van der Waals surface area contributed by atoms with Crippen LogP contribution >= 0.6 is 0 Å². The van der Waals surface area contributed by atoms with Crippen LogP contribution in [0.5, 0.6) is 0 Å². The zero-order valence-electron chi connectivity index (χ0n) is 15.1. The average molecular weight is 337 g/mol.